The predicted octanol–water partition coefficient (Wildman–Crippen LogP) is 5.51. The number of hydrogen-bond donors (Lipinski definition) is 2. The molecule has 0 atom stereocenters. The lowest BCUT2D eigenvalue weighted by Crippen LogP contribution is -2.15. The van der Waals surface area contributed by atoms with Gasteiger partial charge < -0.3 is 20.1 Å². The second-order valence-electron chi connectivity index (χ2n) is 7.37. The molecule has 0 spiro atoms. The van der Waals surface area contributed by atoms with Crippen molar-refractivity contribution in [1.29, 1.82) is 0 Å². The van der Waals surface area contributed by atoms with Gasteiger partial charge in [-0.05, 0) is 57.2 Å². The Labute approximate surface area is 206 Å². The van der Waals surface area contributed by atoms with E-state index in [4.69, 9.17) is 9.47 Å². The predicted molar refractivity (Wildman–Crippen MR) is 134 cm³/mol. The lowest BCUT2D eigenvalue weighted by molar-refractivity contribution is 0.0531. The summed E-state index contributed by atoms with van der Waals surface area (Å²) in [4.78, 5) is 38.1. The van der Waals surface area contributed by atoms with E-state index in [-0.39, 0.29) is 18.5 Å². The molecule has 2 aromatic carbocycles. The minimum atomic E-state index is -0.417. The maximum Gasteiger partial charge on any atom is 0.350 e. The molecule has 4 aromatic rings. The highest BCUT2D eigenvalue weighted by molar-refractivity contribution is 7.17. The molecule has 35 heavy (non-hydrogen) atoms. The van der Waals surface area contributed by atoms with E-state index in [1.165, 1.54) is 6.20 Å². The third kappa shape index (κ3) is 5.98. The Bertz CT molecular complexity index is 1340. The van der Waals surface area contributed by atoms with Gasteiger partial charge in [0, 0.05) is 11.9 Å². The van der Waals surface area contributed by atoms with Crippen molar-refractivity contribution < 1.29 is 19.1 Å². The minimum absolute atomic E-state index is 0.269. The van der Waals surface area contributed by atoms with Crippen LogP contribution >= 0.6 is 11.3 Å². The summed E-state index contributed by atoms with van der Waals surface area (Å²) in [7, 11) is 0. The normalized spacial score (nSPS) is 10.5. The highest BCUT2D eigenvalue weighted by atomic mass is 32.1. The number of para-hydroxylation sites is 1. The van der Waals surface area contributed by atoms with Crippen molar-refractivity contribution >= 4 is 40.0 Å². The Morgan fingerprint density at radius 3 is 2.34 bits per heavy atom. The number of benzene rings is 2. The van der Waals surface area contributed by atoms with Crippen molar-refractivity contribution in [2.24, 2.45) is 0 Å². The fourth-order valence-electron chi connectivity index (χ4n) is 3.11. The summed E-state index contributed by atoms with van der Waals surface area (Å²) >= 11 is 1.16. The number of carbonyl (C=O) groups is 2. The van der Waals surface area contributed by atoms with E-state index in [9.17, 15) is 9.59 Å². The first-order valence-electron chi connectivity index (χ1n) is 10.8. The van der Waals surface area contributed by atoms with Crippen molar-refractivity contribution in [3.05, 3.63) is 82.6 Å². The molecule has 0 aliphatic carbocycles. The van der Waals surface area contributed by atoms with Gasteiger partial charge in [0.15, 0.2) is 5.13 Å². The number of aromatic nitrogens is 3. The van der Waals surface area contributed by atoms with Gasteiger partial charge in [-0.1, -0.05) is 29.5 Å². The molecule has 10 heteroatoms. The number of carbonyl (C=O) groups excluding carboxylic acids is 2. The zero-order valence-corrected chi connectivity index (χ0v) is 20.2. The van der Waals surface area contributed by atoms with Crippen molar-refractivity contribution in [1.82, 2.24) is 15.0 Å². The van der Waals surface area contributed by atoms with Gasteiger partial charge in [-0.15, -0.1) is 0 Å². The van der Waals surface area contributed by atoms with E-state index < -0.39 is 5.97 Å². The molecule has 4 rings (SSSR count). The second kappa shape index (κ2) is 10.7. The number of nitrogens with one attached hydrogen (secondary N) is 2. The largest absolute Gasteiger partial charge is 0.462 e. The molecule has 0 radical (unpaired) electrons. The van der Waals surface area contributed by atoms with Crippen molar-refractivity contribution in [3.63, 3.8) is 0 Å². The molecular formula is C25H23N5O4S. The number of ether oxygens (including phenoxy) is 2. The second-order valence-corrected chi connectivity index (χ2v) is 8.36. The van der Waals surface area contributed by atoms with Crippen LogP contribution in [0.15, 0.2) is 60.8 Å². The molecule has 0 unspecified atom stereocenters. The summed E-state index contributed by atoms with van der Waals surface area (Å²) in [6, 6.07) is 16.5. The van der Waals surface area contributed by atoms with Crippen LogP contribution in [0, 0.1) is 13.8 Å². The van der Waals surface area contributed by atoms with Crippen LogP contribution in [0.2, 0.25) is 0 Å². The smallest absolute Gasteiger partial charge is 0.350 e. The number of nitrogens with zero attached hydrogens (tertiary/aromatic N) is 3. The number of amides is 1. The summed E-state index contributed by atoms with van der Waals surface area (Å²) in [5, 5.41) is 6.27. The van der Waals surface area contributed by atoms with Crippen LogP contribution in [-0.4, -0.2) is 33.4 Å². The number of rotatable bonds is 8. The Morgan fingerprint density at radius 2 is 1.66 bits per heavy atom. The Kier molecular flexibility index (Phi) is 7.32. The van der Waals surface area contributed by atoms with E-state index in [2.05, 4.69) is 25.6 Å². The lowest BCUT2D eigenvalue weighted by atomic mass is 10.2. The number of thiazole rings is 1. The minimum Gasteiger partial charge on any atom is -0.462 e. The van der Waals surface area contributed by atoms with Crippen LogP contribution in [0.25, 0.3) is 0 Å². The Morgan fingerprint density at radius 1 is 0.943 bits per heavy atom. The molecule has 0 bridgehead atoms. The SMILES string of the molecule is CCOC(=O)c1sc(Nc2ncc(C(=O)Nc3ccc(Oc4ccccc4)cc3)c(C)n2)nc1C. The first-order valence-corrected chi connectivity index (χ1v) is 11.6. The van der Waals surface area contributed by atoms with E-state index in [1.54, 1.807) is 45.0 Å². The van der Waals surface area contributed by atoms with Crippen molar-refractivity contribution in [3.8, 4) is 11.5 Å². The molecule has 0 saturated heterocycles. The maximum atomic E-state index is 12.8. The average Bonchev–Trinajstić information content (AvgIpc) is 3.21. The zero-order chi connectivity index (χ0) is 24.8. The Hall–Kier alpha value is -4.31. The zero-order valence-electron chi connectivity index (χ0n) is 19.4. The average molecular weight is 490 g/mol. The number of hydrogen-bond acceptors (Lipinski definition) is 9. The first kappa shape index (κ1) is 23.8. The molecule has 0 aliphatic rings. The van der Waals surface area contributed by atoms with Crippen LogP contribution in [0.5, 0.6) is 11.5 Å². The third-order valence-corrected chi connectivity index (χ3v) is 5.84. The molecular weight excluding hydrogens is 466 g/mol. The van der Waals surface area contributed by atoms with Gasteiger partial charge in [-0.2, -0.15) is 0 Å². The Balaban J connectivity index is 1.40. The fourth-order valence-corrected chi connectivity index (χ4v) is 3.96. The van der Waals surface area contributed by atoms with Gasteiger partial charge in [0.25, 0.3) is 5.91 Å². The summed E-state index contributed by atoms with van der Waals surface area (Å²) in [6.45, 7) is 5.48. The molecule has 0 fully saturated rings. The van der Waals surface area contributed by atoms with Gasteiger partial charge in [0.05, 0.1) is 23.6 Å². The van der Waals surface area contributed by atoms with E-state index in [1.807, 2.05) is 30.3 Å². The van der Waals surface area contributed by atoms with Crippen molar-refractivity contribution in [2.75, 3.05) is 17.2 Å². The van der Waals surface area contributed by atoms with Crippen LogP contribution < -0.4 is 15.4 Å². The van der Waals surface area contributed by atoms with Gasteiger partial charge in [-0.3, -0.25) is 4.79 Å². The van der Waals surface area contributed by atoms with Crippen LogP contribution in [0.1, 0.15) is 38.3 Å². The fraction of sp³-hybridized carbons (Fsp3) is 0.160. The van der Waals surface area contributed by atoms with Crippen LogP contribution in [0.3, 0.4) is 0 Å². The topological polar surface area (TPSA) is 115 Å². The number of aryl methyl sites for hydroxylation is 2. The van der Waals surface area contributed by atoms with Crippen LogP contribution in [0.4, 0.5) is 16.8 Å². The molecule has 1 amide bonds. The highest BCUT2D eigenvalue weighted by Gasteiger charge is 2.18. The lowest BCUT2D eigenvalue weighted by Gasteiger charge is -2.10. The molecule has 178 valence electrons. The highest BCUT2D eigenvalue weighted by Crippen LogP contribution is 2.26. The summed E-state index contributed by atoms with van der Waals surface area (Å²) in [5.74, 6) is 0.911. The van der Waals surface area contributed by atoms with Gasteiger partial charge in [0.1, 0.15) is 16.4 Å². The monoisotopic (exact) mass is 489 g/mol. The number of esters is 1. The standard InChI is InChI=1S/C25H23N5O4S/c1-4-33-23(32)21-16(3)28-25(35-21)30-24-26-14-20(15(2)27-24)22(31)29-17-10-12-19(13-11-17)34-18-8-6-5-7-9-18/h5-14H,4H2,1-3H3,(H,29,31)(H,26,27,28,30). The molecule has 0 saturated carbocycles. The van der Waals surface area contributed by atoms with E-state index >= 15 is 0 Å². The quantitative estimate of drug-likeness (QED) is 0.311. The first-order chi connectivity index (χ1) is 16.9. The summed E-state index contributed by atoms with van der Waals surface area (Å²) in [6.07, 6.45) is 1.44. The summed E-state index contributed by atoms with van der Waals surface area (Å²) in [5.41, 5.74) is 2.00. The molecule has 2 N–H and O–H groups in total. The molecule has 2 aromatic heterocycles. The molecule has 0 aliphatic heterocycles. The molecule has 9 nitrogen and oxygen atoms in total. The maximum absolute atomic E-state index is 12.8. The van der Waals surface area contributed by atoms with Gasteiger partial charge in [-0.25, -0.2) is 19.7 Å². The van der Waals surface area contributed by atoms with Gasteiger partial charge in [0.2, 0.25) is 5.95 Å². The van der Waals surface area contributed by atoms with E-state index in [0.29, 0.717) is 38.4 Å². The van der Waals surface area contributed by atoms with E-state index in [0.717, 1.165) is 17.1 Å². The van der Waals surface area contributed by atoms with Gasteiger partial charge >= 0.3 is 5.97 Å². The summed E-state index contributed by atoms with van der Waals surface area (Å²) < 4.78 is 10.8. The van der Waals surface area contributed by atoms with Crippen molar-refractivity contribution in [2.45, 2.75) is 20.8 Å². The number of anilines is 3. The van der Waals surface area contributed by atoms with Crippen LogP contribution in [-0.2, 0) is 4.74 Å². The third-order valence-electron chi connectivity index (χ3n) is 4.79. The molecule has 2 heterocycles.